The van der Waals surface area contributed by atoms with Crippen molar-refractivity contribution >= 4 is 23.1 Å². The molecular weight excluding hydrogens is 244 g/mol. The Morgan fingerprint density at radius 1 is 0.647 bits per heavy atom. The van der Waals surface area contributed by atoms with E-state index in [1.54, 1.807) is 11.3 Å². The van der Waals surface area contributed by atoms with E-state index < -0.39 is 0 Å². The highest BCUT2D eigenvalue weighted by molar-refractivity contribution is 8.02. The van der Waals surface area contributed by atoms with Crippen molar-refractivity contribution in [3.05, 3.63) is 82.9 Å². The second-order valence-corrected chi connectivity index (χ2v) is 4.79. The standard InChI is InChI=1S/C6H6.C5H6S.C4H4S/c2*1-2-4-6-5-3-1;1-2-4-5-3-1/h1-6H;1-4H,5H2;1-4H. The third-order valence-electron chi connectivity index (χ3n) is 1.71. The fourth-order valence-corrected chi connectivity index (χ4v) is 1.95. The minimum Gasteiger partial charge on any atom is -0.152 e. The lowest BCUT2D eigenvalue weighted by Gasteiger charge is -1.88. The molecule has 1 aromatic carbocycles. The second-order valence-electron chi connectivity index (χ2n) is 3.04. The maximum atomic E-state index is 2.14. The van der Waals surface area contributed by atoms with Gasteiger partial charge < -0.3 is 0 Å². The fourth-order valence-electron chi connectivity index (χ4n) is 0.958. The van der Waals surface area contributed by atoms with E-state index in [1.165, 1.54) is 0 Å². The van der Waals surface area contributed by atoms with E-state index in [-0.39, 0.29) is 0 Å². The van der Waals surface area contributed by atoms with Crippen molar-refractivity contribution < 1.29 is 0 Å². The molecule has 0 radical (unpaired) electrons. The van der Waals surface area contributed by atoms with Gasteiger partial charge in [0.05, 0.1) is 0 Å². The molecule has 0 amide bonds. The summed E-state index contributed by atoms with van der Waals surface area (Å²) in [6.07, 6.45) is 6.26. The van der Waals surface area contributed by atoms with Crippen LogP contribution in [0.1, 0.15) is 0 Å². The summed E-state index contributed by atoms with van der Waals surface area (Å²) in [5, 5.41) is 6.18. The number of hydrogen-bond acceptors (Lipinski definition) is 2. The highest BCUT2D eigenvalue weighted by atomic mass is 32.2. The molecule has 17 heavy (non-hydrogen) atoms. The Hall–Kier alpha value is -1.25. The number of benzene rings is 1. The molecular formula is C15H16S2. The zero-order valence-electron chi connectivity index (χ0n) is 9.61. The monoisotopic (exact) mass is 260 g/mol. The van der Waals surface area contributed by atoms with Gasteiger partial charge >= 0.3 is 0 Å². The Morgan fingerprint density at radius 2 is 1.24 bits per heavy atom. The van der Waals surface area contributed by atoms with Crippen molar-refractivity contribution in [1.29, 1.82) is 0 Å². The second kappa shape index (κ2) is 11.2. The van der Waals surface area contributed by atoms with Crippen LogP contribution in [-0.2, 0) is 0 Å². The smallest absolute Gasteiger partial charge is 0.0157 e. The van der Waals surface area contributed by atoms with Gasteiger partial charge in [0.15, 0.2) is 0 Å². The highest BCUT2D eigenvalue weighted by Crippen LogP contribution is 2.05. The maximum absolute atomic E-state index is 2.14. The van der Waals surface area contributed by atoms with Gasteiger partial charge in [0.1, 0.15) is 0 Å². The van der Waals surface area contributed by atoms with Crippen LogP contribution in [0.5, 0.6) is 0 Å². The first-order valence-corrected chi connectivity index (χ1v) is 7.40. The van der Waals surface area contributed by atoms with Crippen molar-refractivity contribution in [2.45, 2.75) is 0 Å². The molecule has 0 N–H and O–H groups in total. The summed E-state index contributed by atoms with van der Waals surface area (Å²) in [5.41, 5.74) is 0. The molecule has 0 atom stereocenters. The van der Waals surface area contributed by atoms with Crippen LogP contribution in [0.4, 0.5) is 0 Å². The van der Waals surface area contributed by atoms with Crippen molar-refractivity contribution in [3.63, 3.8) is 0 Å². The molecule has 0 spiro atoms. The SMILES string of the molecule is C1=CCSC=C1.c1ccccc1.c1ccsc1. The molecule has 2 aromatic rings. The first kappa shape index (κ1) is 13.8. The molecule has 2 heterocycles. The molecule has 0 fully saturated rings. The van der Waals surface area contributed by atoms with E-state index in [9.17, 15) is 0 Å². The van der Waals surface area contributed by atoms with Crippen molar-refractivity contribution in [2.24, 2.45) is 0 Å². The molecule has 1 aliphatic rings. The first-order chi connectivity index (χ1) is 8.50. The zero-order valence-corrected chi connectivity index (χ0v) is 11.2. The molecule has 3 rings (SSSR count). The first-order valence-electron chi connectivity index (χ1n) is 5.40. The summed E-state index contributed by atoms with van der Waals surface area (Å²) in [6, 6.07) is 16.0. The summed E-state index contributed by atoms with van der Waals surface area (Å²) in [5.74, 6) is 1.15. The predicted octanol–water partition coefficient (Wildman–Crippen LogP) is 5.24. The minimum absolute atomic E-state index is 1.15. The van der Waals surface area contributed by atoms with E-state index in [0.717, 1.165) is 5.75 Å². The molecule has 0 saturated carbocycles. The van der Waals surface area contributed by atoms with Crippen LogP contribution in [0.15, 0.2) is 82.9 Å². The largest absolute Gasteiger partial charge is 0.152 e. The Balaban J connectivity index is 0.000000128. The zero-order chi connectivity index (χ0) is 12.0. The molecule has 0 unspecified atom stereocenters. The molecule has 1 aromatic heterocycles. The Morgan fingerprint density at radius 3 is 1.41 bits per heavy atom. The van der Waals surface area contributed by atoms with Crippen LogP contribution in [-0.4, -0.2) is 5.75 Å². The van der Waals surface area contributed by atoms with Gasteiger partial charge in [0.2, 0.25) is 0 Å². The van der Waals surface area contributed by atoms with Gasteiger partial charge in [-0.1, -0.05) is 66.8 Å². The molecule has 0 saturated heterocycles. The van der Waals surface area contributed by atoms with Crippen LogP contribution >= 0.6 is 23.1 Å². The predicted molar refractivity (Wildman–Crippen MR) is 81.5 cm³/mol. The summed E-state index contributed by atoms with van der Waals surface area (Å²) in [7, 11) is 0. The van der Waals surface area contributed by atoms with Crippen molar-refractivity contribution in [1.82, 2.24) is 0 Å². The van der Waals surface area contributed by atoms with Gasteiger partial charge in [-0.25, -0.2) is 0 Å². The van der Waals surface area contributed by atoms with Crippen molar-refractivity contribution in [2.75, 3.05) is 5.75 Å². The molecule has 0 bridgehead atoms. The summed E-state index contributed by atoms with van der Waals surface area (Å²) in [6.45, 7) is 0. The molecule has 1 aliphatic heterocycles. The topological polar surface area (TPSA) is 0 Å². The number of thiophene rings is 1. The van der Waals surface area contributed by atoms with Crippen LogP contribution in [0.3, 0.4) is 0 Å². The van der Waals surface area contributed by atoms with Crippen molar-refractivity contribution in [3.8, 4) is 0 Å². The average molecular weight is 260 g/mol. The fraction of sp³-hybridized carbons (Fsp3) is 0.0667. The number of hydrogen-bond donors (Lipinski definition) is 0. The van der Waals surface area contributed by atoms with Gasteiger partial charge in [0, 0.05) is 5.75 Å². The number of rotatable bonds is 0. The van der Waals surface area contributed by atoms with E-state index in [1.807, 2.05) is 77.1 Å². The quantitative estimate of drug-likeness (QED) is 0.624. The van der Waals surface area contributed by atoms with E-state index in [2.05, 4.69) is 17.6 Å². The average Bonchev–Trinajstić information content (AvgIpc) is 3.03. The highest BCUT2D eigenvalue weighted by Gasteiger charge is 1.77. The van der Waals surface area contributed by atoms with Gasteiger partial charge in [-0.3, -0.25) is 0 Å². The summed E-state index contributed by atoms with van der Waals surface area (Å²) < 4.78 is 0. The Labute approximate surface area is 112 Å². The van der Waals surface area contributed by atoms with Gasteiger partial charge in [-0.2, -0.15) is 11.3 Å². The van der Waals surface area contributed by atoms with E-state index in [0.29, 0.717) is 0 Å². The Bertz CT molecular complexity index is 332. The minimum atomic E-state index is 1.15. The number of allylic oxidation sites excluding steroid dienone is 2. The lowest BCUT2D eigenvalue weighted by molar-refractivity contribution is 1.72. The molecule has 0 nitrogen and oxygen atoms in total. The van der Waals surface area contributed by atoms with Gasteiger partial charge in [-0.15, -0.1) is 11.8 Å². The van der Waals surface area contributed by atoms with Crippen LogP contribution in [0.25, 0.3) is 0 Å². The third-order valence-corrected chi connectivity index (χ3v) is 3.07. The summed E-state index contributed by atoms with van der Waals surface area (Å²) in [4.78, 5) is 0. The molecule has 2 heteroatoms. The van der Waals surface area contributed by atoms with Crippen LogP contribution in [0.2, 0.25) is 0 Å². The van der Waals surface area contributed by atoms with E-state index in [4.69, 9.17) is 0 Å². The lowest BCUT2D eigenvalue weighted by atomic mass is 10.4. The maximum Gasteiger partial charge on any atom is 0.0157 e. The molecule has 88 valence electrons. The molecule has 0 aliphatic carbocycles. The Kier molecular flexibility index (Phi) is 9.13. The summed E-state index contributed by atoms with van der Waals surface area (Å²) >= 11 is 3.54. The van der Waals surface area contributed by atoms with Crippen LogP contribution in [0, 0.1) is 0 Å². The van der Waals surface area contributed by atoms with Gasteiger partial charge in [0.25, 0.3) is 0 Å². The van der Waals surface area contributed by atoms with E-state index >= 15 is 0 Å². The normalized spacial score (nSPS) is 11.8. The van der Waals surface area contributed by atoms with Gasteiger partial charge in [-0.05, 0) is 16.2 Å². The lowest BCUT2D eigenvalue weighted by Crippen LogP contribution is -1.67. The number of thioether (sulfide) groups is 1. The third kappa shape index (κ3) is 9.67. The van der Waals surface area contributed by atoms with Crippen LogP contribution < -0.4 is 0 Å².